The first kappa shape index (κ1) is 14.6. The Hall–Kier alpha value is -1.40. The molecule has 0 aromatic carbocycles. The Kier molecular flexibility index (Phi) is 5.13. The molecule has 0 bridgehead atoms. The van der Waals surface area contributed by atoms with Crippen LogP contribution in [0.2, 0.25) is 0 Å². The highest BCUT2D eigenvalue weighted by atomic mass is 16.4. The molecule has 0 aromatic rings. The van der Waals surface area contributed by atoms with Crippen molar-refractivity contribution in [3.05, 3.63) is 12.2 Å². The molecule has 0 unspecified atom stereocenters. The minimum atomic E-state index is -0.995. The van der Waals surface area contributed by atoms with Crippen LogP contribution in [0.4, 0.5) is 0 Å². The molecular formula is C10H17NO5. The van der Waals surface area contributed by atoms with Crippen molar-refractivity contribution >= 4 is 11.9 Å². The Morgan fingerprint density at radius 2 is 2.00 bits per heavy atom. The fraction of sp³-hybridized carbons (Fsp3) is 0.600. The van der Waals surface area contributed by atoms with Crippen LogP contribution >= 0.6 is 0 Å². The lowest BCUT2D eigenvalue weighted by molar-refractivity contribution is -0.142. The summed E-state index contributed by atoms with van der Waals surface area (Å²) in [6.45, 7) is 6.05. The molecule has 92 valence electrons. The molecule has 1 fully saturated rings. The second-order valence-corrected chi connectivity index (χ2v) is 3.94. The van der Waals surface area contributed by atoms with Crippen LogP contribution in [-0.2, 0) is 9.59 Å². The smallest absolute Gasteiger partial charge is 0.321 e. The van der Waals surface area contributed by atoms with E-state index in [-0.39, 0.29) is 17.8 Å². The summed E-state index contributed by atoms with van der Waals surface area (Å²) in [6, 6.07) is -0.775. The second-order valence-electron chi connectivity index (χ2n) is 3.94. The van der Waals surface area contributed by atoms with Crippen LogP contribution in [0, 0.1) is 11.8 Å². The van der Waals surface area contributed by atoms with Crippen LogP contribution in [0.25, 0.3) is 0 Å². The molecular weight excluding hydrogens is 214 g/mol. The zero-order chi connectivity index (χ0) is 11.6. The maximum atomic E-state index is 10.9. The Balaban J connectivity index is 0.00000225. The first-order valence-electron chi connectivity index (χ1n) is 4.77. The van der Waals surface area contributed by atoms with Crippen molar-refractivity contribution in [3.63, 3.8) is 0 Å². The number of nitrogens with one attached hydrogen (secondary N) is 1. The quantitative estimate of drug-likeness (QED) is 0.564. The van der Waals surface area contributed by atoms with Crippen LogP contribution in [0.5, 0.6) is 0 Å². The molecule has 1 rings (SSSR count). The molecule has 1 saturated heterocycles. The third-order valence-corrected chi connectivity index (χ3v) is 2.81. The highest BCUT2D eigenvalue weighted by Crippen LogP contribution is 2.30. The van der Waals surface area contributed by atoms with Crippen LogP contribution in [0.3, 0.4) is 0 Å². The van der Waals surface area contributed by atoms with Gasteiger partial charge in [0, 0.05) is 12.5 Å². The number of carboxylic acid groups (broad SMARTS) is 2. The first-order chi connectivity index (χ1) is 6.93. The van der Waals surface area contributed by atoms with Gasteiger partial charge in [-0.15, -0.1) is 0 Å². The standard InChI is InChI=1S/C10H15NO4.H2O/c1-5(2)7-4-11-9(10(14)15)6(7)3-8(12)13;/h6-7,9,11H,1,3-4H2,2H3,(H,12,13)(H,14,15);1H2/t6-,7-,9-;/m0./s1. The van der Waals surface area contributed by atoms with Crippen molar-refractivity contribution < 1.29 is 25.3 Å². The predicted molar refractivity (Wildman–Crippen MR) is 57.1 cm³/mol. The second kappa shape index (κ2) is 5.62. The van der Waals surface area contributed by atoms with E-state index < -0.39 is 23.9 Å². The maximum absolute atomic E-state index is 10.9. The zero-order valence-electron chi connectivity index (χ0n) is 9.06. The van der Waals surface area contributed by atoms with E-state index in [1.807, 2.05) is 0 Å². The summed E-state index contributed by atoms with van der Waals surface area (Å²) in [5.41, 5.74) is 0.831. The molecule has 3 atom stereocenters. The van der Waals surface area contributed by atoms with Crippen LogP contribution in [0.1, 0.15) is 13.3 Å². The van der Waals surface area contributed by atoms with Gasteiger partial charge in [0.2, 0.25) is 0 Å². The van der Waals surface area contributed by atoms with Gasteiger partial charge >= 0.3 is 11.9 Å². The molecule has 0 saturated carbocycles. The molecule has 0 aliphatic carbocycles. The number of carboxylic acids is 2. The van der Waals surface area contributed by atoms with Crippen LogP contribution in [-0.4, -0.2) is 40.2 Å². The lowest BCUT2D eigenvalue weighted by Gasteiger charge is -2.19. The molecule has 5 N–H and O–H groups in total. The van der Waals surface area contributed by atoms with E-state index >= 15 is 0 Å². The molecule has 0 aromatic heterocycles. The van der Waals surface area contributed by atoms with E-state index in [1.54, 1.807) is 6.92 Å². The van der Waals surface area contributed by atoms with E-state index in [1.165, 1.54) is 0 Å². The summed E-state index contributed by atoms with van der Waals surface area (Å²) in [4.78, 5) is 21.5. The van der Waals surface area contributed by atoms with Crippen molar-refractivity contribution in [2.75, 3.05) is 6.54 Å². The van der Waals surface area contributed by atoms with Gasteiger partial charge in [0.1, 0.15) is 6.04 Å². The number of carbonyl (C=O) groups is 2. The number of hydrogen-bond donors (Lipinski definition) is 3. The monoisotopic (exact) mass is 231 g/mol. The Morgan fingerprint density at radius 3 is 2.38 bits per heavy atom. The third-order valence-electron chi connectivity index (χ3n) is 2.81. The van der Waals surface area contributed by atoms with E-state index in [2.05, 4.69) is 11.9 Å². The van der Waals surface area contributed by atoms with Gasteiger partial charge in [0.05, 0.1) is 6.42 Å². The summed E-state index contributed by atoms with van der Waals surface area (Å²) in [7, 11) is 0. The summed E-state index contributed by atoms with van der Waals surface area (Å²) >= 11 is 0. The van der Waals surface area contributed by atoms with Crippen molar-refractivity contribution in [1.29, 1.82) is 0 Å². The number of aliphatic carboxylic acids is 2. The van der Waals surface area contributed by atoms with Crippen molar-refractivity contribution in [3.8, 4) is 0 Å². The SMILES string of the molecule is C=C(C)[C@@H]1CN[C@H](C(=O)O)[C@H]1CC(=O)O.O. The van der Waals surface area contributed by atoms with Crippen LogP contribution < -0.4 is 5.32 Å². The molecule has 16 heavy (non-hydrogen) atoms. The average molecular weight is 231 g/mol. The molecule has 1 aliphatic rings. The molecule has 0 spiro atoms. The van der Waals surface area contributed by atoms with Gasteiger partial charge in [-0.05, 0) is 12.8 Å². The first-order valence-corrected chi connectivity index (χ1v) is 4.77. The maximum Gasteiger partial charge on any atom is 0.321 e. The number of hydrogen-bond acceptors (Lipinski definition) is 3. The fourth-order valence-electron chi connectivity index (χ4n) is 2.06. The van der Waals surface area contributed by atoms with E-state index in [9.17, 15) is 9.59 Å². The highest BCUT2D eigenvalue weighted by Gasteiger charge is 2.41. The lowest BCUT2D eigenvalue weighted by atomic mass is 9.84. The molecule has 6 heteroatoms. The molecule has 0 amide bonds. The summed E-state index contributed by atoms with van der Waals surface area (Å²) in [6.07, 6.45) is -0.137. The molecule has 6 nitrogen and oxygen atoms in total. The van der Waals surface area contributed by atoms with Crippen molar-refractivity contribution in [2.45, 2.75) is 19.4 Å². The zero-order valence-corrected chi connectivity index (χ0v) is 9.06. The molecule has 0 radical (unpaired) electrons. The molecule has 1 heterocycles. The van der Waals surface area contributed by atoms with E-state index in [4.69, 9.17) is 10.2 Å². The van der Waals surface area contributed by atoms with Gasteiger partial charge in [-0.25, -0.2) is 0 Å². The summed E-state index contributed by atoms with van der Waals surface area (Å²) in [5.74, 6) is -2.44. The normalized spacial score (nSPS) is 28.2. The Morgan fingerprint density at radius 1 is 1.44 bits per heavy atom. The van der Waals surface area contributed by atoms with E-state index in [0.29, 0.717) is 6.54 Å². The predicted octanol–water partition coefficient (Wildman–Crippen LogP) is -0.499. The molecule has 1 aliphatic heterocycles. The van der Waals surface area contributed by atoms with Crippen LogP contribution in [0.15, 0.2) is 12.2 Å². The minimum Gasteiger partial charge on any atom is -0.481 e. The lowest BCUT2D eigenvalue weighted by Crippen LogP contribution is -2.36. The van der Waals surface area contributed by atoms with Gasteiger partial charge in [0.15, 0.2) is 0 Å². The van der Waals surface area contributed by atoms with Gasteiger partial charge in [-0.3, -0.25) is 9.59 Å². The minimum absolute atomic E-state index is 0. The van der Waals surface area contributed by atoms with E-state index in [0.717, 1.165) is 5.57 Å². The van der Waals surface area contributed by atoms with Gasteiger partial charge in [0.25, 0.3) is 0 Å². The summed E-state index contributed by atoms with van der Waals surface area (Å²) < 4.78 is 0. The fourth-order valence-corrected chi connectivity index (χ4v) is 2.06. The largest absolute Gasteiger partial charge is 0.481 e. The van der Waals surface area contributed by atoms with Gasteiger partial charge in [-0.1, -0.05) is 12.2 Å². The van der Waals surface area contributed by atoms with Gasteiger partial charge < -0.3 is 21.0 Å². The third kappa shape index (κ3) is 3.04. The van der Waals surface area contributed by atoms with Crippen molar-refractivity contribution in [2.24, 2.45) is 11.8 Å². The van der Waals surface area contributed by atoms with Crippen molar-refractivity contribution in [1.82, 2.24) is 5.32 Å². The Bertz CT molecular complexity index is 280. The topological polar surface area (TPSA) is 118 Å². The van der Waals surface area contributed by atoms with Gasteiger partial charge in [-0.2, -0.15) is 0 Å². The Labute approximate surface area is 93.3 Å². The average Bonchev–Trinajstić information content (AvgIpc) is 2.46. The summed E-state index contributed by atoms with van der Waals surface area (Å²) in [5, 5.41) is 20.5. The number of rotatable bonds is 4. The highest BCUT2D eigenvalue weighted by molar-refractivity contribution is 5.76.